The number of pyridine rings is 1. The van der Waals surface area contributed by atoms with Crippen LogP contribution in [-0.4, -0.2) is 77.3 Å². The summed E-state index contributed by atoms with van der Waals surface area (Å²) in [7, 11) is 6.19. The molecular formula is C29H33N9. The van der Waals surface area contributed by atoms with Crippen LogP contribution in [0.2, 0.25) is 0 Å². The van der Waals surface area contributed by atoms with E-state index in [4.69, 9.17) is 0 Å². The van der Waals surface area contributed by atoms with Gasteiger partial charge in [0.1, 0.15) is 18.0 Å². The van der Waals surface area contributed by atoms with Gasteiger partial charge in [0, 0.05) is 51.4 Å². The highest BCUT2D eigenvalue weighted by atomic mass is 15.2. The van der Waals surface area contributed by atoms with Crippen molar-refractivity contribution >= 4 is 28.8 Å². The second kappa shape index (κ2) is 10.1. The van der Waals surface area contributed by atoms with Crippen molar-refractivity contribution in [1.82, 2.24) is 19.9 Å². The first-order valence-corrected chi connectivity index (χ1v) is 13.2. The van der Waals surface area contributed by atoms with Crippen LogP contribution in [0.4, 0.5) is 11.6 Å². The minimum Gasteiger partial charge on any atom is -0.372 e. The lowest BCUT2D eigenvalue weighted by Crippen LogP contribution is -2.33. The topological polar surface area (TPSA) is 106 Å². The number of likely N-dealkylation sites (tertiary alicyclic amines) is 1. The Labute approximate surface area is 223 Å². The summed E-state index contributed by atoms with van der Waals surface area (Å²) >= 11 is 0. The van der Waals surface area contributed by atoms with Crippen LogP contribution in [0.5, 0.6) is 0 Å². The Hall–Kier alpha value is -3.98. The van der Waals surface area contributed by atoms with Crippen LogP contribution in [0.1, 0.15) is 41.6 Å². The molecule has 2 atom stereocenters. The molecule has 2 aliphatic heterocycles. The summed E-state index contributed by atoms with van der Waals surface area (Å²) in [6, 6.07) is 14.2. The van der Waals surface area contributed by atoms with Crippen LogP contribution in [0.3, 0.4) is 0 Å². The first-order chi connectivity index (χ1) is 18.5. The maximum Gasteiger partial charge on any atom is 0.143 e. The molecule has 0 radical (unpaired) electrons. The summed E-state index contributed by atoms with van der Waals surface area (Å²) in [5, 5.41) is 21.1. The van der Waals surface area contributed by atoms with Crippen molar-refractivity contribution in [3.63, 3.8) is 0 Å². The smallest absolute Gasteiger partial charge is 0.143 e. The van der Waals surface area contributed by atoms with Gasteiger partial charge in [-0.2, -0.15) is 10.2 Å². The van der Waals surface area contributed by atoms with Gasteiger partial charge >= 0.3 is 0 Å². The highest BCUT2D eigenvalue weighted by Crippen LogP contribution is 2.41. The monoisotopic (exact) mass is 507 g/mol. The van der Waals surface area contributed by atoms with Gasteiger partial charge in [-0.05, 0) is 49.4 Å². The van der Waals surface area contributed by atoms with E-state index in [1.165, 1.54) is 13.1 Å². The van der Waals surface area contributed by atoms with E-state index in [-0.39, 0.29) is 0 Å². The number of benzene rings is 1. The Kier molecular flexibility index (Phi) is 6.45. The van der Waals surface area contributed by atoms with Crippen LogP contribution in [0.15, 0.2) is 65.2 Å². The molecule has 38 heavy (non-hydrogen) atoms. The number of hydrogen-bond acceptors (Lipinski definition) is 9. The third-order valence-electron chi connectivity index (χ3n) is 8.20. The molecule has 2 unspecified atom stereocenters. The van der Waals surface area contributed by atoms with Gasteiger partial charge < -0.3 is 15.1 Å². The lowest BCUT2D eigenvalue weighted by molar-refractivity contribution is 0.369. The van der Waals surface area contributed by atoms with E-state index in [0.717, 1.165) is 64.3 Å². The highest BCUT2D eigenvalue weighted by Gasteiger charge is 2.41. The molecule has 3 aliphatic rings. The second-order valence-electron chi connectivity index (χ2n) is 10.6. The van der Waals surface area contributed by atoms with Crippen LogP contribution < -0.4 is 10.2 Å². The Balaban J connectivity index is 1.22. The van der Waals surface area contributed by atoms with Crippen LogP contribution in [0.25, 0.3) is 0 Å². The molecule has 3 aromatic rings. The predicted molar refractivity (Wildman–Crippen MR) is 152 cm³/mol. The Bertz CT molecular complexity index is 1380. The number of rotatable bonds is 7. The van der Waals surface area contributed by atoms with Gasteiger partial charge in [-0.25, -0.2) is 9.97 Å². The van der Waals surface area contributed by atoms with Crippen molar-refractivity contribution in [2.24, 2.45) is 22.0 Å². The van der Waals surface area contributed by atoms with Crippen molar-refractivity contribution in [2.75, 3.05) is 44.4 Å². The lowest BCUT2D eigenvalue weighted by Gasteiger charge is -2.29. The van der Waals surface area contributed by atoms with E-state index >= 15 is 0 Å². The molecule has 2 N–H and O–H groups in total. The highest BCUT2D eigenvalue weighted by molar-refractivity contribution is 6.20. The standard InChI is InChI=1S/C29H33N9/c1-31-28-26(29(34-17-33-28)38(3)22-12-20-15-37(2)16-21(20)13-22)27(30)19-9-7-18(8-10-19)24-14-25(36-35-24)23-6-4-5-11-32-23/h4-11,17,20-22,30H,12-16H2,1-3H3,(H,31,33,34). The number of anilines is 2. The first-order valence-electron chi connectivity index (χ1n) is 13.2. The molecule has 9 heteroatoms. The van der Waals surface area contributed by atoms with Crippen LogP contribution in [0, 0.1) is 17.2 Å². The zero-order valence-corrected chi connectivity index (χ0v) is 22.1. The van der Waals surface area contributed by atoms with E-state index in [9.17, 15) is 5.41 Å². The van der Waals surface area contributed by atoms with Crippen molar-refractivity contribution < 1.29 is 0 Å². The number of nitrogens with zero attached hydrogens (tertiary/aromatic N) is 7. The summed E-state index contributed by atoms with van der Waals surface area (Å²) < 4.78 is 0. The molecule has 2 fully saturated rings. The van der Waals surface area contributed by atoms with E-state index in [0.29, 0.717) is 24.0 Å². The molecule has 0 amide bonds. The van der Waals surface area contributed by atoms with Crippen LogP contribution in [-0.2, 0) is 0 Å². The Morgan fingerprint density at radius 1 is 0.974 bits per heavy atom. The molecule has 6 rings (SSSR count). The van der Waals surface area contributed by atoms with Gasteiger partial charge in [-0.15, -0.1) is 0 Å². The molecule has 0 bridgehead atoms. The van der Waals surface area contributed by atoms with E-state index in [2.05, 4.69) is 54.4 Å². The van der Waals surface area contributed by atoms with Gasteiger partial charge in [0.25, 0.3) is 0 Å². The molecule has 1 aromatic carbocycles. The number of hydrogen-bond donors (Lipinski definition) is 2. The van der Waals surface area contributed by atoms with Crippen molar-refractivity contribution in [2.45, 2.75) is 25.3 Å². The average molecular weight is 508 g/mol. The van der Waals surface area contributed by atoms with Gasteiger partial charge in [0.15, 0.2) is 0 Å². The Morgan fingerprint density at radius 2 is 1.71 bits per heavy atom. The number of fused-ring (bicyclic) bond motifs is 1. The maximum absolute atomic E-state index is 9.18. The molecule has 9 nitrogen and oxygen atoms in total. The fraction of sp³-hybridized carbons (Fsp3) is 0.379. The molecule has 1 saturated heterocycles. The summed E-state index contributed by atoms with van der Waals surface area (Å²) in [6.07, 6.45) is 6.33. The molecule has 0 spiro atoms. The van der Waals surface area contributed by atoms with Crippen molar-refractivity contribution in [3.8, 4) is 0 Å². The average Bonchev–Trinajstić information content (AvgIpc) is 3.68. The fourth-order valence-electron chi connectivity index (χ4n) is 6.21. The van der Waals surface area contributed by atoms with Crippen molar-refractivity contribution in [1.29, 1.82) is 5.41 Å². The molecule has 1 aliphatic carbocycles. The summed E-state index contributed by atoms with van der Waals surface area (Å²) in [5.74, 6) is 2.97. The molecule has 4 heterocycles. The Morgan fingerprint density at radius 3 is 2.39 bits per heavy atom. The molecule has 1 saturated carbocycles. The molecule has 194 valence electrons. The summed E-state index contributed by atoms with van der Waals surface area (Å²) in [4.78, 5) is 18.3. The zero-order chi connectivity index (χ0) is 26.2. The quantitative estimate of drug-likeness (QED) is 0.473. The minimum absolute atomic E-state index is 0.403. The van der Waals surface area contributed by atoms with Gasteiger partial charge in [0.2, 0.25) is 0 Å². The zero-order valence-electron chi connectivity index (χ0n) is 22.1. The third kappa shape index (κ3) is 4.47. The lowest BCUT2D eigenvalue weighted by atomic mass is 9.98. The van der Waals surface area contributed by atoms with E-state index in [1.807, 2.05) is 49.5 Å². The van der Waals surface area contributed by atoms with Crippen LogP contribution >= 0.6 is 0 Å². The largest absolute Gasteiger partial charge is 0.372 e. The molecule has 2 aromatic heterocycles. The summed E-state index contributed by atoms with van der Waals surface area (Å²) in [5.41, 5.74) is 5.56. The number of nitrogens with one attached hydrogen (secondary N) is 2. The fourth-order valence-corrected chi connectivity index (χ4v) is 6.21. The van der Waals surface area contributed by atoms with E-state index in [1.54, 1.807) is 12.5 Å². The SMILES string of the molecule is CNc1ncnc(N(C)C2CC3CN(C)CC3C2)c1C(=N)c1ccc(C2=NN=C(c3ccccn3)C2)cc1. The van der Waals surface area contributed by atoms with Gasteiger partial charge in [-0.3, -0.25) is 10.4 Å². The first kappa shape index (κ1) is 24.4. The third-order valence-corrected chi connectivity index (χ3v) is 8.20. The normalized spacial score (nSPS) is 22.7. The van der Waals surface area contributed by atoms with E-state index < -0.39 is 0 Å². The minimum atomic E-state index is 0.403. The predicted octanol–water partition coefficient (Wildman–Crippen LogP) is 3.70. The molecular weight excluding hydrogens is 474 g/mol. The van der Waals surface area contributed by atoms with Crippen molar-refractivity contribution in [3.05, 3.63) is 77.4 Å². The maximum atomic E-state index is 9.18. The van der Waals surface area contributed by atoms with Gasteiger partial charge in [-0.1, -0.05) is 30.3 Å². The summed E-state index contributed by atoms with van der Waals surface area (Å²) in [6.45, 7) is 2.35. The van der Waals surface area contributed by atoms with Gasteiger partial charge in [0.05, 0.1) is 28.4 Å². The number of aromatic nitrogens is 3. The second-order valence-corrected chi connectivity index (χ2v) is 10.6.